The van der Waals surface area contributed by atoms with Crippen molar-refractivity contribution >= 4 is 34.2 Å². The Morgan fingerprint density at radius 2 is 2.25 bits per heavy atom. The fraction of sp³-hybridized carbons (Fsp3) is 0.333. The molecule has 3 heteroatoms. The van der Waals surface area contributed by atoms with Crippen LogP contribution < -0.4 is 4.74 Å². The number of methoxy groups -OCH3 is 1. The van der Waals surface area contributed by atoms with Gasteiger partial charge in [-0.1, -0.05) is 6.07 Å². The fourth-order valence-electron chi connectivity index (χ4n) is 1.03. The molecular weight excluding hydrogens is 286 g/mol. The Labute approximate surface area is 91.2 Å². The Morgan fingerprint density at radius 3 is 2.83 bits per heavy atom. The smallest absolute Gasteiger partial charge is 0.123 e. The molecule has 12 heavy (non-hydrogen) atoms. The molecule has 0 N–H and O–H groups in total. The van der Waals surface area contributed by atoms with Crippen LogP contribution in [0.15, 0.2) is 18.2 Å². The summed E-state index contributed by atoms with van der Waals surface area (Å²) in [6.07, 6.45) is 0.863. The topological polar surface area (TPSA) is 9.23 Å². The minimum absolute atomic E-state index is 0.636. The van der Waals surface area contributed by atoms with Crippen molar-refractivity contribution in [3.05, 3.63) is 27.3 Å². The number of benzene rings is 1. The van der Waals surface area contributed by atoms with Gasteiger partial charge in [-0.05, 0) is 46.7 Å². The van der Waals surface area contributed by atoms with Gasteiger partial charge in [0.15, 0.2) is 0 Å². The zero-order valence-corrected chi connectivity index (χ0v) is 9.72. The second-order valence-electron chi connectivity index (χ2n) is 2.40. The predicted octanol–water partition coefficient (Wildman–Crippen LogP) is 3.08. The van der Waals surface area contributed by atoms with Crippen LogP contribution in [0.1, 0.15) is 5.56 Å². The van der Waals surface area contributed by atoms with Crippen molar-refractivity contribution in [2.45, 2.75) is 6.42 Å². The molecule has 0 aliphatic heterocycles. The molecule has 0 radical (unpaired) electrons. The van der Waals surface area contributed by atoms with E-state index in [2.05, 4.69) is 34.7 Å². The molecule has 0 spiro atoms. The van der Waals surface area contributed by atoms with Crippen LogP contribution in [-0.4, -0.2) is 13.0 Å². The summed E-state index contributed by atoms with van der Waals surface area (Å²) < 4.78 is 6.40. The third-order valence-electron chi connectivity index (χ3n) is 1.61. The highest BCUT2D eigenvalue weighted by molar-refractivity contribution is 14.1. The van der Waals surface area contributed by atoms with Crippen LogP contribution in [0.3, 0.4) is 0 Å². The van der Waals surface area contributed by atoms with E-state index in [0.29, 0.717) is 5.88 Å². The molecule has 0 atom stereocenters. The standard InChI is InChI=1S/C9H10ClIO/c1-12-9-6-8(11)3-2-7(9)4-5-10/h2-3,6H,4-5H2,1H3. The van der Waals surface area contributed by atoms with Gasteiger partial charge in [0.2, 0.25) is 0 Å². The molecule has 1 aromatic rings. The van der Waals surface area contributed by atoms with Crippen LogP contribution in [0.4, 0.5) is 0 Å². The molecule has 0 saturated carbocycles. The molecular formula is C9H10ClIO. The van der Waals surface area contributed by atoms with Gasteiger partial charge in [-0.15, -0.1) is 11.6 Å². The van der Waals surface area contributed by atoms with Crippen LogP contribution in [0.2, 0.25) is 0 Å². The molecule has 0 aliphatic carbocycles. The maximum atomic E-state index is 5.65. The quantitative estimate of drug-likeness (QED) is 0.615. The number of alkyl halides is 1. The third kappa shape index (κ3) is 2.52. The van der Waals surface area contributed by atoms with E-state index < -0.39 is 0 Å². The average molecular weight is 297 g/mol. The molecule has 0 aromatic heterocycles. The van der Waals surface area contributed by atoms with Crippen molar-refractivity contribution in [3.63, 3.8) is 0 Å². The monoisotopic (exact) mass is 296 g/mol. The van der Waals surface area contributed by atoms with E-state index in [9.17, 15) is 0 Å². The predicted molar refractivity (Wildman–Crippen MR) is 60.1 cm³/mol. The van der Waals surface area contributed by atoms with Gasteiger partial charge in [0.1, 0.15) is 5.75 Å². The van der Waals surface area contributed by atoms with E-state index in [1.165, 1.54) is 9.13 Å². The molecule has 0 saturated heterocycles. The van der Waals surface area contributed by atoms with Crippen molar-refractivity contribution < 1.29 is 4.74 Å². The number of halogens is 2. The zero-order valence-electron chi connectivity index (χ0n) is 6.81. The van der Waals surface area contributed by atoms with E-state index in [0.717, 1.165) is 12.2 Å². The average Bonchev–Trinajstić information content (AvgIpc) is 2.08. The summed E-state index contributed by atoms with van der Waals surface area (Å²) in [6.45, 7) is 0. The molecule has 1 aromatic carbocycles. The van der Waals surface area contributed by atoms with Crippen LogP contribution in [-0.2, 0) is 6.42 Å². The van der Waals surface area contributed by atoms with Gasteiger partial charge in [0.25, 0.3) is 0 Å². The second-order valence-corrected chi connectivity index (χ2v) is 4.02. The summed E-state index contributed by atoms with van der Waals surface area (Å²) in [4.78, 5) is 0. The van der Waals surface area contributed by atoms with E-state index >= 15 is 0 Å². The van der Waals surface area contributed by atoms with E-state index in [1.807, 2.05) is 6.07 Å². The van der Waals surface area contributed by atoms with Crippen LogP contribution in [0.5, 0.6) is 5.75 Å². The van der Waals surface area contributed by atoms with E-state index in [1.54, 1.807) is 7.11 Å². The van der Waals surface area contributed by atoms with Gasteiger partial charge >= 0.3 is 0 Å². The van der Waals surface area contributed by atoms with Gasteiger partial charge in [-0.25, -0.2) is 0 Å². The van der Waals surface area contributed by atoms with Gasteiger partial charge in [0, 0.05) is 9.45 Å². The highest BCUT2D eigenvalue weighted by Crippen LogP contribution is 2.21. The van der Waals surface area contributed by atoms with Crippen molar-refractivity contribution in [2.24, 2.45) is 0 Å². The largest absolute Gasteiger partial charge is 0.496 e. The highest BCUT2D eigenvalue weighted by atomic mass is 127. The first-order valence-corrected chi connectivity index (χ1v) is 5.27. The zero-order chi connectivity index (χ0) is 8.97. The number of aryl methyl sites for hydroxylation is 1. The molecule has 0 unspecified atom stereocenters. The van der Waals surface area contributed by atoms with Crippen LogP contribution in [0, 0.1) is 3.57 Å². The van der Waals surface area contributed by atoms with Crippen molar-refractivity contribution in [3.8, 4) is 5.75 Å². The maximum absolute atomic E-state index is 5.65. The summed E-state index contributed by atoms with van der Waals surface area (Å²) in [5, 5.41) is 0. The lowest BCUT2D eigenvalue weighted by atomic mass is 10.1. The molecule has 0 heterocycles. The fourth-order valence-corrected chi connectivity index (χ4v) is 1.69. The van der Waals surface area contributed by atoms with Crippen molar-refractivity contribution in [2.75, 3.05) is 13.0 Å². The van der Waals surface area contributed by atoms with Gasteiger partial charge < -0.3 is 4.74 Å². The number of rotatable bonds is 3. The Kier molecular flexibility index (Phi) is 4.15. The Bertz CT molecular complexity index is 263. The minimum atomic E-state index is 0.636. The maximum Gasteiger partial charge on any atom is 0.123 e. The lowest BCUT2D eigenvalue weighted by molar-refractivity contribution is 0.410. The van der Waals surface area contributed by atoms with Gasteiger partial charge in [-0.3, -0.25) is 0 Å². The first kappa shape index (κ1) is 10.1. The normalized spacial score (nSPS) is 9.92. The van der Waals surface area contributed by atoms with Crippen LogP contribution in [0.25, 0.3) is 0 Å². The number of hydrogen-bond donors (Lipinski definition) is 0. The highest BCUT2D eigenvalue weighted by Gasteiger charge is 2.01. The summed E-state index contributed by atoms with van der Waals surface area (Å²) >= 11 is 7.91. The molecule has 0 fully saturated rings. The molecule has 0 amide bonds. The van der Waals surface area contributed by atoms with Gasteiger partial charge in [0.05, 0.1) is 7.11 Å². The first-order valence-electron chi connectivity index (χ1n) is 3.66. The lowest BCUT2D eigenvalue weighted by Gasteiger charge is -2.06. The SMILES string of the molecule is COc1cc(I)ccc1CCCl. The van der Waals surface area contributed by atoms with Crippen molar-refractivity contribution in [1.82, 2.24) is 0 Å². The number of ether oxygens (including phenoxy) is 1. The summed E-state index contributed by atoms with van der Waals surface area (Å²) in [5.74, 6) is 1.57. The molecule has 1 nitrogen and oxygen atoms in total. The Morgan fingerprint density at radius 1 is 1.50 bits per heavy atom. The summed E-state index contributed by atoms with van der Waals surface area (Å²) in [6, 6.07) is 6.14. The first-order chi connectivity index (χ1) is 5.77. The lowest BCUT2D eigenvalue weighted by Crippen LogP contribution is -1.93. The van der Waals surface area contributed by atoms with Gasteiger partial charge in [-0.2, -0.15) is 0 Å². The van der Waals surface area contributed by atoms with E-state index in [-0.39, 0.29) is 0 Å². The number of hydrogen-bond acceptors (Lipinski definition) is 1. The summed E-state index contributed by atoms with van der Waals surface area (Å²) in [5.41, 5.74) is 1.17. The minimum Gasteiger partial charge on any atom is -0.496 e. The molecule has 66 valence electrons. The molecule has 0 bridgehead atoms. The molecule has 0 aliphatic rings. The molecule has 1 rings (SSSR count). The van der Waals surface area contributed by atoms with E-state index in [4.69, 9.17) is 16.3 Å². The Balaban J connectivity index is 2.94. The van der Waals surface area contributed by atoms with Crippen molar-refractivity contribution in [1.29, 1.82) is 0 Å². The summed E-state index contributed by atoms with van der Waals surface area (Å²) in [7, 11) is 1.68. The second kappa shape index (κ2) is 4.92. The Hall–Kier alpha value is 0.0400. The third-order valence-corrected chi connectivity index (χ3v) is 2.47. The van der Waals surface area contributed by atoms with Crippen LogP contribution >= 0.6 is 34.2 Å².